The van der Waals surface area contributed by atoms with E-state index in [1.807, 2.05) is 6.92 Å². The Morgan fingerprint density at radius 2 is 2.33 bits per heavy atom. The normalized spacial score (nSPS) is 9.83. The molecule has 0 saturated carbocycles. The second-order valence-electron chi connectivity index (χ2n) is 1.11. The van der Waals surface area contributed by atoms with Gasteiger partial charge in [-0.3, -0.25) is 0 Å². The molecule has 0 aromatic carbocycles. The maximum atomic E-state index is 9.96. The van der Waals surface area contributed by atoms with E-state index < -0.39 is 0 Å². The van der Waals surface area contributed by atoms with Crippen LogP contribution in [0.2, 0.25) is 0 Å². The van der Waals surface area contributed by atoms with E-state index in [1.54, 1.807) is 6.08 Å². The topological polar surface area (TPSA) is 17.1 Å². The Hall–Kier alpha value is 0.00740. The van der Waals surface area contributed by atoms with Crippen LogP contribution in [0.3, 0.4) is 0 Å². The van der Waals surface area contributed by atoms with Gasteiger partial charge < -0.3 is 0 Å². The zero-order valence-electron chi connectivity index (χ0n) is 4.06. The molecule has 0 N–H and O–H groups in total. The van der Waals surface area contributed by atoms with Crippen LogP contribution in [0.5, 0.6) is 0 Å². The molecule has 0 aliphatic heterocycles. The average Bonchev–Trinajstić information content (AvgIpc) is 1.35. The van der Waals surface area contributed by atoms with E-state index in [2.05, 4.69) is 0 Å². The number of hydrogen-bond acceptors (Lipinski definition) is 1. The SMILES string of the molecule is [Li][C](=O)C=CC. The van der Waals surface area contributed by atoms with Crippen molar-refractivity contribution in [2.75, 3.05) is 0 Å². The number of carbonyl (C=O) groups is 1. The van der Waals surface area contributed by atoms with Gasteiger partial charge in [0.15, 0.2) is 0 Å². The summed E-state index contributed by atoms with van der Waals surface area (Å²) >= 11 is 1.53. The second-order valence-corrected chi connectivity index (χ2v) is 1.11. The van der Waals surface area contributed by atoms with Crippen LogP contribution < -0.4 is 0 Å². The Balaban J connectivity index is 3.30. The van der Waals surface area contributed by atoms with E-state index in [0.717, 1.165) is 0 Å². The van der Waals surface area contributed by atoms with Crippen LogP contribution in [-0.4, -0.2) is 22.2 Å². The van der Waals surface area contributed by atoms with Crippen molar-refractivity contribution in [3.63, 3.8) is 0 Å². The minimum absolute atomic E-state index is 0.109. The molecular weight excluding hydrogens is 71.0 g/mol. The van der Waals surface area contributed by atoms with Crippen LogP contribution in [0.25, 0.3) is 0 Å². The van der Waals surface area contributed by atoms with Gasteiger partial charge in [0.25, 0.3) is 0 Å². The monoisotopic (exact) mass is 76.1 g/mol. The van der Waals surface area contributed by atoms with Crippen molar-refractivity contribution in [3.05, 3.63) is 12.2 Å². The van der Waals surface area contributed by atoms with Gasteiger partial charge >= 0.3 is 46.0 Å². The molecule has 0 fully saturated rings. The summed E-state index contributed by atoms with van der Waals surface area (Å²) in [5.41, 5.74) is 0. The molecule has 0 amide bonds. The molecule has 2 heteroatoms. The van der Waals surface area contributed by atoms with E-state index in [1.165, 1.54) is 23.8 Å². The number of allylic oxidation sites excluding steroid dienone is 2. The first-order chi connectivity index (χ1) is 2.77. The summed E-state index contributed by atoms with van der Waals surface area (Å²) < 4.78 is 0.109. The zero-order chi connectivity index (χ0) is 4.99. The van der Waals surface area contributed by atoms with E-state index in [-0.39, 0.29) is 4.46 Å². The number of rotatable bonds is 1. The Bertz CT molecular complexity index is 75.6. The number of carbonyl (C=O) groups excluding carboxylic acids is 1. The van der Waals surface area contributed by atoms with Crippen LogP contribution >= 0.6 is 0 Å². The maximum absolute atomic E-state index is 9.96. The van der Waals surface area contributed by atoms with Crippen molar-refractivity contribution in [2.24, 2.45) is 0 Å². The van der Waals surface area contributed by atoms with Gasteiger partial charge in [0.1, 0.15) is 0 Å². The molecular formula is C4H5LiO. The molecule has 0 rings (SSSR count). The third-order valence-corrected chi connectivity index (χ3v) is 0.401. The Morgan fingerprint density at radius 1 is 1.83 bits per heavy atom. The minimum atomic E-state index is 0.109. The standard InChI is InChI=1S/C4H5O.Li/c1-2-3-4-5;/h2-3H,1H3;. The fraction of sp³-hybridized carbons (Fsp3) is 0.250. The van der Waals surface area contributed by atoms with Crippen LogP contribution in [0.15, 0.2) is 12.2 Å². The van der Waals surface area contributed by atoms with E-state index in [0.29, 0.717) is 0 Å². The first-order valence-electron chi connectivity index (χ1n) is 1.90. The fourth-order valence-electron chi connectivity index (χ4n) is 0.235. The summed E-state index contributed by atoms with van der Waals surface area (Å²) in [5, 5.41) is 0. The molecule has 28 valence electrons. The summed E-state index contributed by atoms with van der Waals surface area (Å²) in [5.74, 6) is 0. The van der Waals surface area contributed by atoms with Crippen molar-refractivity contribution in [2.45, 2.75) is 6.92 Å². The third kappa shape index (κ3) is 4.01. The summed E-state index contributed by atoms with van der Waals surface area (Å²) in [6.45, 7) is 1.82. The van der Waals surface area contributed by atoms with Gasteiger partial charge in [0.05, 0.1) is 0 Å². The zero-order valence-corrected chi connectivity index (χ0v) is 4.06. The van der Waals surface area contributed by atoms with Crippen molar-refractivity contribution in [1.82, 2.24) is 0 Å². The molecule has 0 atom stereocenters. The molecule has 0 aromatic heterocycles. The number of hydrogen-bond donors (Lipinski definition) is 0. The molecule has 0 spiro atoms. The van der Waals surface area contributed by atoms with E-state index in [4.69, 9.17) is 0 Å². The first-order valence-corrected chi connectivity index (χ1v) is 1.90. The third-order valence-electron chi connectivity index (χ3n) is 0.401. The van der Waals surface area contributed by atoms with E-state index in [9.17, 15) is 4.79 Å². The fourth-order valence-corrected chi connectivity index (χ4v) is 0.235. The van der Waals surface area contributed by atoms with Gasteiger partial charge in [-0.05, 0) is 0 Å². The Morgan fingerprint density at radius 3 is 2.33 bits per heavy atom. The molecule has 0 saturated heterocycles. The van der Waals surface area contributed by atoms with Gasteiger partial charge in [-0.2, -0.15) is 0 Å². The van der Waals surface area contributed by atoms with Gasteiger partial charge in [-0.1, -0.05) is 0 Å². The molecule has 0 aromatic rings. The van der Waals surface area contributed by atoms with Crippen molar-refractivity contribution in [3.8, 4) is 0 Å². The molecule has 6 heavy (non-hydrogen) atoms. The molecule has 0 radical (unpaired) electrons. The second kappa shape index (κ2) is 3.21. The summed E-state index contributed by atoms with van der Waals surface area (Å²) in [4.78, 5) is 9.96. The van der Waals surface area contributed by atoms with Crippen LogP contribution in [0.1, 0.15) is 6.92 Å². The van der Waals surface area contributed by atoms with Crippen LogP contribution in [0.4, 0.5) is 0 Å². The van der Waals surface area contributed by atoms with Gasteiger partial charge in [-0.15, -0.1) is 0 Å². The molecule has 0 bridgehead atoms. The van der Waals surface area contributed by atoms with E-state index >= 15 is 0 Å². The van der Waals surface area contributed by atoms with Gasteiger partial charge in [0.2, 0.25) is 0 Å². The molecule has 0 aliphatic rings. The Labute approximate surface area is 46.6 Å². The van der Waals surface area contributed by atoms with Crippen LogP contribution in [-0.2, 0) is 4.79 Å². The van der Waals surface area contributed by atoms with Gasteiger partial charge in [0, 0.05) is 0 Å². The van der Waals surface area contributed by atoms with Crippen molar-refractivity contribution >= 4 is 22.2 Å². The van der Waals surface area contributed by atoms with Crippen LogP contribution in [0, 0.1) is 0 Å². The molecule has 0 heterocycles. The average molecular weight is 76.0 g/mol. The Kier molecular flexibility index (Phi) is 3.21. The molecule has 0 unspecified atom stereocenters. The first kappa shape index (κ1) is 6.01. The van der Waals surface area contributed by atoms with Gasteiger partial charge in [-0.25, -0.2) is 0 Å². The summed E-state index contributed by atoms with van der Waals surface area (Å²) in [7, 11) is 0. The predicted molar refractivity (Wildman–Crippen MR) is 25.6 cm³/mol. The van der Waals surface area contributed by atoms with Crippen molar-refractivity contribution < 1.29 is 4.79 Å². The predicted octanol–water partition coefficient (Wildman–Crippen LogP) is 0.258. The van der Waals surface area contributed by atoms with Crippen molar-refractivity contribution in [1.29, 1.82) is 0 Å². The molecule has 1 nitrogen and oxygen atoms in total. The quantitative estimate of drug-likeness (QED) is 0.323. The molecule has 0 aliphatic carbocycles. The summed E-state index contributed by atoms with van der Waals surface area (Å²) in [6, 6.07) is 0. The summed E-state index contributed by atoms with van der Waals surface area (Å²) in [6.07, 6.45) is 3.25.